The maximum absolute atomic E-state index is 12.6. The minimum absolute atomic E-state index is 0.0510. The fraction of sp³-hybridized carbons (Fsp3) is 0.208. The van der Waals surface area contributed by atoms with Crippen LogP contribution in [0, 0.1) is 0 Å². The van der Waals surface area contributed by atoms with Gasteiger partial charge in [0, 0.05) is 31.2 Å². The predicted octanol–water partition coefficient (Wildman–Crippen LogP) is 3.86. The summed E-state index contributed by atoms with van der Waals surface area (Å²) in [6, 6.07) is 23.3. The fourth-order valence-electron chi connectivity index (χ4n) is 3.18. The van der Waals surface area contributed by atoms with Crippen molar-refractivity contribution >= 4 is 17.3 Å². The van der Waals surface area contributed by atoms with Crippen molar-refractivity contribution in [1.82, 2.24) is 10.3 Å². The molecule has 2 aromatic carbocycles. The van der Waals surface area contributed by atoms with Crippen LogP contribution in [-0.4, -0.2) is 34.9 Å². The van der Waals surface area contributed by atoms with Crippen LogP contribution in [0.15, 0.2) is 90.3 Å². The van der Waals surface area contributed by atoms with Gasteiger partial charge in [0.2, 0.25) is 5.91 Å². The van der Waals surface area contributed by atoms with Gasteiger partial charge in [0.1, 0.15) is 0 Å². The summed E-state index contributed by atoms with van der Waals surface area (Å²) in [5.74, 6) is -0.0510. The maximum Gasteiger partial charge on any atom is 0.239 e. The molecule has 0 aliphatic rings. The van der Waals surface area contributed by atoms with E-state index in [0.29, 0.717) is 31.6 Å². The van der Waals surface area contributed by atoms with Crippen molar-refractivity contribution in [3.63, 3.8) is 0 Å². The molecule has 154 valence electrons. The average Bonchev–Trinajstić information content (AvgIpc) is 2.80. The van der Waals surface area contributed by atoms with E-state index in [0.717, 1.165) is 16.8 Å². The number of hydrogen-bond acceptors (Lipinski definition) is 5. The summed E-state index contributed by atoms with van der Waals surface area (Å²) in [7, 11) is 0. The third-order valence-electron chi connectivity index (χ3n) is 4.69. The molecule has 0 unspecified atom stereocenters. The van der Waals surface area contributed by atoms with Gasteiger partial charge >= 0.3 is 0 Å². The second-order valence-electron chi connectivity index (χ2n) is 6.92. The number of pyridine rings is 1. The lowest BCUT2D eigenvalue weighted by molar-refractivity contribution is -0.119. The summed E-state index contributed by atoms with van der Waals surface area (Å²) in [6.07, 6.45) is 4.82. The predicted molar refractivity (Wildman–Crippen MR) is 119 cm³/mol. The molecule has 2 N–H and O–H groups in total. The highest BCUT2D eigenvalue weighted by molar-refractivity contribution is 6.00. The van der Waals surface area contributed by atoms with E-state index in [1.165, 1.54) is 0 Å². The Bertz CT molecular complexity index is 931. The number of nitrogens with zero attached hydrogens (tertiary/aromatic N) is 3. The molecule has 0 aliphatic heterocycles. The number of aromatic nitrogens is 1. The summed E-state index contributed by atoms with van der Waals surface area (Å²) >= 11 is 0. The average molecular weight is 402 g/mol. The molecule has 3 aromatic rings. The smallest absolute Gasteiger partial charge is 0.239 e. The maximum atomic E-state index is 12.6. The summed E-state index contributed by atoms with van der Waals surface area (Å²) in [6.45, 7) is 1.36. The highest BCUT2D eigenvalue weighted by Gasteiger charge is 2.12. The first-order valence-corrected chi connectivity index (χ1v) is 9.98. The van der Waals surface area contributed by atoms with E-state index in [1.807, 2.05) is 83.9 Å². The molecule has 0 radical (unpaired) electrons. The van der Waals surface area contributed by atoms with Crippen molar-refractivity contribution in [2.45, 2.75) is 19.4 Å². The Morgan fingerprint density at radius 1 is 1.00 bits per heavy atom. The number of nitrogens with one attached hydrogen (secondary N) is 1. The highest BCUT2D eigenvalue weighted by Crippen LogP contribution is 2.16. The molecule has 1 heterocycles. The van der Waals surface area contributed by atoms with Crippen molar-refractivity contribution in [3.05, 3.63) is 96.3 Å². The SMILES string of the molecule is O=C(CN(Cc1cccnc1)c1ccccc1)NCCC/C(=N/O)c1ccccc1. The molecule has 6 heteroatoms. The number of carbonyl (C=O) groups is 1. The van der Waals surface area contributed by atoms with E-state index in [2.05, 4.69) is 15.5 Å². The number of oxime groups is 1. The number of hydrogen-bond donors (Lipinski definition) is 2. The number of rotatable bonds is 10. The topological polar surface area (TPSA) is 77.8 Å². The Morgan fingerprint density at radius 2 is 1.73 bits per heavy atom. The van der Waals surface area contributed by atoms with Crippen LogP contribution in [-0.2, 0) is 11.3 Å². The van der Waals surface area contributed by atoms with Crippen LogP contribution >= 0.6 is 0 Å². The van der Waals surface area contributed by atoms with E-state index in [4.69, 9.17) is 0 Å². The summed E-state index contributed by atoms with van der Waals surface area (Å²) in [5.41, 5.74) is 3.53. The van der Waals surface area contributed by atoms with Gasteiger partial charge in [-0.1, -0.05) is 59.8 Å². The van der Waals surface area contributed by atoms with Gasteiger partial charge in [-0.3, -0.25) is 9.78 Å². The monoisotopic (exact) mass is 402 g/mol. The van der Waals surface area contributed by atoms with Gasteiger partial charge < -0.3 is 15.4 Å². The zero-order valence-electron chi connectivity index (χ0n) is 16.8. The first kappa shape index (κ1) is 21.0. The standard InChI is InChI=1S/C24H26N4O2/c29-24(26-16-8-14-23(27-30)21-10-3-1-4-11-21)19-28(22-12-5-2-6-13-22)18-20-9-7-15-25-17-20/h1-7,9-13,15,17,30H,8,14,16,18-19H2,(H,26,29)/b27-23-. The van der Waals surface area contributed by atoms with Gasteiger partial charge in [0.15, 0.2) is 0 Å². The van der Waals surface area contributed by atoms with E-state index in [1.54, 1.807) is 6.20 Å². The molecule has 0 fully saturated rings. The van der Waals surface area contributed by atoms with Crippen LogP contribution in [0.25, 0.3) is 0 Å². The molecular formula is C24H26N4O2. The highest BCUT2D eigenvalue weighted by atomic mass is 16.4. The Kier molecular flexibility index (Phi) is 7.97. The molecule has 30 heavy (non-hydrogen) atoms. The number of amides is 1. The van der Waals surface area contributed by atoms with Gasteiger partial charge in [-0.15, -0.1) is 0 Å². The third kappa shape index (κ3) is 6.44. The van der Waals surface area contributed by atoms with Crippen molar-refractivity contribution in [1.29, 1.82) is 0 Å². The minimum atomic E-state index is -0.0510. The molecule has 0 spiro atoms. The Balaban J connectivity index is 1.52. The normalized spacial score (nSPS) is 11.1. The fourth-order valence-corrected chi connectivity index (χ4v) is 3.18. The number of carbonyl (C=O) groups excluding carboxylic acids is 1. The van der Waals surface area contributed by atoms with Crippen molar-refractivity contribution < 1.29 is 10.0 Å². The van der Waals surface area contributed by atoms with Crippen LogP contribution in [0.3, 0.4) is 0 Å². The van der Waals surface area contributed by atoms with Crippen LogP contribution in [0.1, 0.15) is 24.0 Å². The molecule has 6 nitrogen and oxygen atoms in total. The molecule has 0 bridgehead atoms. The number of para-hydroxylation sites is 1. The quantitative estimate of drug-likeness (QED) is 0.234. The molecule has 0 aliphatic carbocycles. The van der Waals surface area contributed by atoms with Crippen LogP contribution in [0.5, 0.6) is 0 Å². The molecule has 0 saturated heterocycles. The molecule has 0 saturated carbocycles. The lowest BCUT2D eigenvalue weighted by Crippen LogP contribution is -2.37. The van der Waals surface area contributed by atoms with Crippen molar-refractivity contribution in [3.8, 4) is 0 Å². The minimum Gasteiger partial charge on any atom is -0.411 e. The van der Waals surface area contributed by atoms with E-state index >= 15 is 0 Å². The van der Waals surface area contributed by atoms with Gasteiger partial charge in [-0.25, -0.2) is 0 Å². The first-order chi connectivity index (χ1) is 14.8. The lowest BCUT2D eigenvalue weighted by atomic mass is 10.1. The first-order valence-electron chi connectivity index (χ1n) is 9.98. The van der Waals surface area contributed by atoms with Gasteiger partial charge in [-0.2, -0.15) is 0 Å². The Morgan fingerprint density at radius 3 is 2.40 bits per heavy atom. The molecule has 1 aromatic heterocycles. The third-order valence-corrected chi connectivity index (χ3v) is 4.69. The summed E-state index contributed by atoms with van der Waals surface area (Å²) in [5, 5.41) is 15.6. The van der Waals surface area contributed by atoms with Crippen LogP contribution in [0.4, 0.5) is 5.69 Å². The number of benzene rings is 2. The largest absolute Gasteiger partial charge is 0.411 e. The van der Waals surface area contributed by atoms with Gasteiger partial charge in [0.25, 0.3) is 0 Å². The molecule has 1 amide bonds. The van der Waals surface area contributed by atoms with E-state index in [9.17, 15) is 10.0 Å². The number of anilines is 1. The summed E-state index contributed by atoms with van der Waals surface area (Å²) in [4.78, 5) is 18.7. The Hall–Kier alpha value is -3.67. The van der Waals surface area contributed by atoms with Gasteiger partial charge in [-0.05, 0) is 42.2 Å². The second-order valence-corrected chi connectivity index (χ2v) is 6.92. The zero-order chi connectivity index (χ0) is 21.0. The summed E-state index contributed by atoms with van der Waals surface area (Å²) < 4.78 is 0. The van der Waals surface area contributed by atoms with E-state index < -0.39 is 0 Å². The van der Waals surface area contributed by atoms with Crippen LogP contribution < -0.4 is 10.2 Å². The molecular weight excluding hydrogens is 376 g/mol. The van der Waals surface area contributed by atoms with Gasteiger partial charge in [0.05, 0.1) is 12.3 Å². The van der Waals surface area contributed by atoms with Crippen molar-refractivity contribution in [2.75, 3.05) is 18.0 Å². The molecule has 0 atom stereocenters. The zero-order valence-corrected chi connectivity index (χ0v) is 16.8. The Labute approximate surface area is 176 Å². The second kappa shape index (κ2) is 11.4. The van der Waals surface area contributed by atoms with E-state index in [-0.39, 0.29) is 12.5 Å². The van der Waals surface area contributed by atoms with Crippen molar-refractivity contribution in [2.24, 2.45) is 5.16 Å². The molecule has 3 rings (SSSR count). The van der Waals surface area contributed by atoms with Crippen LogP contribution in [0.2, 0.25) is 0 Å². The lowest BCUT2D eigenvalue weighted by Gasteiger charge is -2.24.